The van der Waals surface area contributed by atoms with Crippen molar-refractivity contribution in [2.75, 3.05) is 37.1 Å². The van der Waals surface area contributed by atoms with Crippen molar-refractivity contribution in [2.24, 2.45) is 10.7 Å². The number of amides is 3. The molecule has 3 aromatic carbocycles. The fourth-order valence-corrected chi connectivity index (χ4v) is 9.21. The lowest BCUT2D eigenvalue weighted by molar-refractivity contribution is 0.0603. The third-order valence-electron chi connectivity index (χ3n) is 7.78. The molecule has 3 amide bonds. The molecule has 0 aliphatic carbocycles. The number of urea groups is 1. The Kier molecular flexibility index (Phi) is 14.1. The van der Waals surface area contributed by atoms with Crippen molar-refractivity contribution < 1.29 is 37.4 Å². The van der Waals surface area contributed by atoms with Crippen LogP contribution < -0.4 is 26.4 Å². The number of benzene rings is 3. The number of aromatic carboxylic acids is 1. The van der Waals surface area contributed by atoms with E-state index in [1.165, 1.54) is 36.0 Å². The number of unbranched alkanes of at least 4 members (excludes halogenated alkanes) is 2. The Bertz CT molecular complexity index is 2130. The number of carbonyl (C=O) groups excluding carboxylic acids is 2. The number of rotatable bonds is 15. The number of carboxylic acid groups (broad SMARTS) is 1. The standard InChI is InChI=1S/C38H45N5O8S3/c1-23-19-26(40-5)21-29(42-36(46)41-17-8-7-9-18-50-27-15-13-24(14-16-27)34(44)45)32(23)25-11-10-12-28(20-25)54(48,49)31-22-30(53-35(31)52-6)33(39)43-37(47)51-38(2,3)4/h10-16,19-22,40H,7-9,17-18H2,1-6H3,(H,44,45)(H2,39,43,47)(H2,41,42,46). The number of amidine groups is 1. The normalized spacial score (nSPS) is 11.9. The number of nitrogens with zero attached hydrogens (tertiary/aromatic N) is 1. The molecule has 4 rings (SSSR count). The third kappa shape index (κ3) is 11.2. The highest BCUT2D eigenvalue weighted by Gasteiger charge is 2.27. The van der Waals surface area contributed by atoms with E-state index in [1.807, 2.05) is 13.0 Å². The second-order valence-electron chi connectivity index (χ2n) is 13.1. The SMILES string of the molecule is CNc1cc(C)c(-c2cccc(S(=O)(=O)c3cc(/C(N)=N/C(=O)OC(C)(C)C)sc3SC)c2)c(NC(=O)NCCCCCOc2ccc(C(=O)O)cc2)c1. The molecule has 0 radical (unpaired) electrons. The van der Waals surface area contributed by atoms with Crippen LogP contribution in [0.2, 0.25) is 0 Å². The van der Waals surface area contributed by atoms with Crippen LogP contribution in [0, 0.1) is 6.92 Å². The minimum Gasteiger partial charge on any atom is -0.494 e. The van der Waals surface area contributed by atoms with E-state index in [1.54, 1.807) is 70.5 Å². The summed E-state index contributed by atoms with van der Waals surface area (Å²) in [6.45, 7) is 7.86. The van der Waals surface area contributed by atoms with Crippen molar-refractivity contribution in [1.29, 1.82) is 0 Å². The molecule has 0 spiro atoms. The number of nitrogens with one attached hydrogen (secondary N) is 3. The molecule has 0 saturated heterocycles. The van der Waals surface area contributed by atoms with E-state index in [9.17, 15) is 22.8 Å². The van der Waals surface area contributed by atoms with E-state index in [4.69, 9.17) is 20.3 Å². The summed E-state index contributed by atoms with van der Waals surface area (Å²) in [5, 5.41) is 17.9. The van der Waals surface area contributed by atoms with Gasteiger partial charge in [-0.25, -0.2) is 22.8 Å². The lowest BCUT2D eigenvalue weighted by atomic mass is 9.97. The average Bonchev–Trinajstić information content (AvgIpc) is 3.56. The summed E-state index contributed by atoms with van der Waals surface area (Å²) in [5.74, 6) is -0.551. The van der Waals surface area contributed by atoms with Gasteiger partial charge in [0.05, 0.1) is 36.7 Å². The number of ether oxygens (including phenoxy) is 2. The largest absolute Gasteiger partial charge is 0.494 e. The minimum atomic E-state index is -4.07. The number of aryl methyl sites for hydroxylation is 1. The zero-order valence-electron chi connectivity index (χ0n) is 30.9. The molecule has 288 valence electrons. The van der Waals surface area contributed by atoms with Gasteiger partial charge in [-0.3, -0.25) is 0 Å². The lowest BCUT2D eigenvalue weighted by Gasteiger charge is -2.18. The zero-order chi connectivity index (χ0) is 39.6. The highest BCUT2D eigenvalue weighted by molar-refractivity contribution is 8.01. The van der Waals surface area contributed by atoms with Crippen LogP contribution in [0.3, 0.4) is 0 Å². The number of carbonyl (C=O) groups is 3. The molecule has 13 nitrogen and oxygen atoms in total. The van der Waals surface area contributed by atoms with Crippen LogP contribution in [0.1, 0.15) is 60.8 Å². The summed E-state index contributed by atoms with van der Waals surface area (Å²) in [5.41, 5.74) is 8.81. The van der Waals surface area contributed by atoms with Crippen LogP contribution in [-0.4, -0.2) is 69.5 Å². The first kappa shape index (κ1) is 41.7. The number of hydrogen-bond donors (Lipinski definition) is 5. The molecule has 1 aromatic heterocycles. The topological polar surface area (TPSA) is 199 Å². The Labute approximate surface area is 323 Å². The van der Waals surface area contributed by atoms with E-state index in [2.05, 4.69) is 20.9 Å². The Morgan fingerprint density at radius 2 is 1.72 bits per heavy atom. The summed E-state index contributed by atoms with van der Waals surface area (Å²) >= 11 is 2.35. The van der Waals surface area contributed by atoms with Gasteiger partial charge >= 0.3 is 18.1 Å². The van der Waals surface area contributed by atoms with Gasteiger partial charge in [-0.15, -0.1) is 23.1 Å². The molecule has 0 atom stereocenters. The average molecular weight is 796 g/mol. The first-order valence-corrected chi connectivity index (χ1v) is 20.5. The molecule has 1 heterocycles. The van der Waals surface area contributed by atoms with Crippen molar-refractivity contribution in [3.8, 4) is 16.9 Å². The van der Waals surface area contributed by atoms with Crippen molar-refractivity contribution in [1.82, 2.24) is 5.32 Å². The van der Waals surface area contributed by atoms with E-state index in [0.29, 0.717) is 51.2 Å². The van der Waals surface area contributed by atoms with Crippen LogP contribution in [-0.2, 0) is 14.6 Å². The summed E-state index contributed by atoms with van der Waals surface area (Å²) in [6, 6.07) is 17.4. The maximum atomic E-state index is 14.1. The van der Waals surface area contributed by atoms with Crippen molar-refractivity contribution in [3.63, 3.8) is 0 Å². The van der Waals surface area contributed by atoms with E-state index >= 15 is 0 Å². The lowest BCUT2D eigenvalue weighted by Crippen LogP contribution is -2.29. The fraction of sp³-hybridized carbons (Fsp3) is 0.316. The Hall–Kier alpha value is -5.06. The quantitative estimate of drug-likeness (QED) is 0.0338. The summed E-state index contributed by atoms with van der Waals surface area (Å²) in [4.78, 5) is 40.5. The molecule has 0 unspecified atom stereocenters. The fourth-order valence-electron chi connectivity index (χ4n) is 5.27. The first-order valence-electron chi connectivity index (χ1n) is 17.0. The number of hydrogen-bond acceptors (Lipinski definition) is 10. The molecule has 4 aromatic rings. The predicted molar refractivity (Wildman–Crippen MR) is 214 cm³/mol. The molecule has 16 heteroatoms. The van der Waals surface area contributed by atoms with Crippen LogP contribution >= 0.6 is 23.1 Å². The van der Waals surface area contributed by atoms with Gasteiger partial charge in [0.15, 0.2) is 0 Å². The van der Waals surface area contributed by atoms with E-state index < -0.39 is 33.5 Å². The third-order valence-corrected chi connectivity index (χ3v) is 12.1. The van der Waals surface area contributed by atoms with Crippen molar-refractivity contribution >= 4 is 68.2 Å². The molecular formula is C38H45N5O8S3. The van der Waals surface area contributed by atoms with Gasteiger partial charge < -0.3 is 36.3 Å². The highest BCUT2D eigenvalue weighted by atomic mass is 32.2. The molecule has 0 bridgehead atoms. The summed E-state index contributed by atoms with van der Waals surface area (Å²) in [7, 11) is -2.30. The second-order valence-corrected chi connectivity index (χ2v) is 17.1. The smallest absolute Gasteiger partial charge is 0.436 e. The monoisotopic (exact) mass is 795 g/mol. The number of thioether (sulfide) groups is 1. The number of thiophene rings is 1. The number of anilines is 2. The van der Waals surface area contributed by atoms with Gasteiger partial charge in [-0.05, 0) is 119 Å². The molecular weight excluding hydrogens is 751 g/mol. The van der Waals surface area contributed by atoms with Gasteiger partial charge in [0.1, 0.15) is 17.2 Å². The number of aliphatic imine (C=N–C) groups is 1. The van der Waals surface area contributed by atoms with E-state index in [0.717, 1.165) is 35.4 Å². The Morgan fingerprint density at radius 3 is 2.37 bits per heavy atom. The van der Waals surface area contributed by atoms with Gasteiger partial charge in [-0.2, -0.15) is 4.99 Å². The van der Waals surface area contributed by atoms with E-state index in [-0.39, 0.29) is 21.2 Å². The Morgan fingerprint density at radius 1 is 1.00 bits per heavy atom. The second kappa shape index (κ2) is 18.3. The van der Waals surface area contributed by atoms with Gasteiger partial charge in [0.2, 0.25) is 9.84 Å². The first-order chi connectivity index (χ1) is 25.5. The van der Waals surface area contributed by atoms with Crippen molar-refractivity contribution in [3.05, 3.63) is 82.7 Å². The van der Waals surface area contributed by atoms with Crippen LogP contribution in [0.4, 0.5) is 21.0 Å². The maximum Gasteiger partial charge on any atom is 0.436 e. The number of nitrogens with two attached hydrogens (primary N) is 1. The summed E-state index contributed by atoms with van der Waals surface area (Å²) < 4.78 is 39.6. The van der Waals surface area contributed by atoms with Gasteiger partial charge in [0, 0.05) is 24.8 Å². The van der Waals surface area contributed by atoms with Gasteiger partial charge in [0.25, 0.3) is 0 Å². The molecule has 0 aliphatic rings. The van der Waals surface area contributed by atoms with Gasteiger partial charge in [-0.1, -0.05) is 12.1 Å². The zero-order valence-corrected chi connectivity index (χ0v) is 33.4. The maximum absolute atomic E-state index is 14.1. The molecule has 0 fully saturated rings. The van der Waals surface area contributed by atoms with Crippen LogP contribution in [0.15, 0.2) is 85.7 Å². The van der Waals surface area contributed by atoms with Crippen molar-refractivity contribution in [2.45, 2.75) is 66.6 Å². The molecule has 0 saturated carbocycles. The minimum absolute atomic E-state index is 0.0374. The summed E-state index contributed by atoms with van der Waals surface area (Å²) in [6.07, 6.45) is 3.12. The highest BCUT2D eigenvalue weighted by Crippen LogP contribution is 2.40. The predicted octanol–water partition coefficient (Wildman–Crippen LogP) is 8.03. The number of carboxylic acids is 1. The van der Waals surface area contributed by atoms with Crippen LogP contribution in [0.5, 0.6) is 5.75 Å². The molecule has 6 N–H and O–H groups in total. The number of sulfone groups is 1. The molecule has 54 heavy (non-hydrogen) atoms. The Balaban J connectivity index is 1.47. The van der Waals surface area contributed by atoms with Crippen LogP contribution in [0.25, 0.3) is 11.1 Å². The molecule has 0 aliphatic heterocycles.